The lowest BCUT2D eigenvalue weighted by Crippen LogP contribution is -2.56. The minimum Gasteiger partial charge on any atom is -0.379 e. The summed E-state index contributed by atoms with van der Waals surface area (Å²) in [5.74, 6) is 0.745. The van der Waals surface area contributed by atoms with E-state index in [0.29, 0.717) is 6.67 Å². The first-order chi connectivity index (χ1) is 9.83. The highest BCUT2D eigenvalue weighted by Crippen LogP contribution is 2.06. The molecule has 1 N–H and O–H groups in total. The number of benzene rings is 1. The number of hydrogen-bond acceptors (Lipinski definition) is 5. The van der Waals surface area contributed by atoms with Crippen LogP contribution in [0.5, 0.6) is 0 Å². The van der Waals surface area contributed by atoms with Crippen LogP contribution in [0.15, 0.2) is 35.3 Å². The third kappa shape index (κ3) is 2.97. The zero-order valence-corrected chi connectivity index (χ0v) is 11.3. The SMILES string of the molecule is O=C1CN=C(c2ccccc2)NN1CN1CCOCC1. The number of hydrogen-bond donors (Lipinski definition) is 1. The maximum absolute atomic E-state index is 11.9. The molecule has 0 aromatic heterocycles. The number of nitrogens with one attached hydrogen (secondary N) is 1. The first-order valence-electron chi connectivity index (χ1n) is 6.80. The minimum atomic E-state index is -0.00354. The number of aliphatic imine (C=N–C) groups is 1. The van der Waals surface area contributed by atoms with Crippen molar-refractivity contribution < 1.29 is 9.53 Å². The lowest BCUT2D eigenvalue weighted by Gasteiger charge is -2.34. The average molecular weight is 274 g/mol. The Labute approximate surface area is 118 Å². The number of nitrogens with zero attached hydrogens (tertiary/aromatic N) is 3. The molecule has 0 radical (unpaired) electrons. The second-order valence-corrected chi connectivity index (χ2v) is 4.84. The first-order valence-corrected chi connectivity index (χ1v) is 6.80. The predicted octanol–water partition coefficient (Wildman–Crippen LogP) is 0.0697. The van der Waals surface area contributed by atoms with Gasteiger partial charge in [0.15, 0.2) is 0 Å². The molecule has 106 valence electrons. The number of carbonyl (C=O) groups is 1. The van der Waals surface area contributed by atoms with Crippen LogP contribution in [0.2, 0.25) is 0 Å². The lowest BCUT2D eigenvalue weighted by atomic mass is 10.2. The molecule has 1 aromatic carbocycles. The smallest absolute Gasteiger partial charge is 0.263 e. The molecule has 1 fully saturated rings. The van der Waals surface area contributed by atoms with E-state index in [9.17, 15) is 4.79 Å². The Hall–Kier alpha value is -1.92. The third-order valence-corrected chi connectivity index (χ3v) is 3.41. The van der Waals surface area contributed by atoms with E-state index in [2.05, 4.69) is 15.3 Å². The molecule has 6 nitrogen and oxygen atoms in total. The zero-order chi connectivity index (χ0) is 13.8. The van der Waals surface area contributed by atoms with Gasteiger partial charge in [-0.15, -0.1) is 0 Å². The fraction of sp³-hybridized carbons (Fsp3) is 0.429. The molecule has 1 aromatic rings. The molecule has 2 aliphatic heterocycles. The molecule has 1 amide bonds. The fourth-order valence-corrected chi connectivity index (χ4v) is 2.27. The maximum atomic E-state index is 11.9. The second-order valence-electron chi connectivity index (χ2n) is 4.84. The van der Waals surface area contributed by atoms with Gasteiger partial charge >= 0.3 is 0 Å². The summed E-state index contributed by atoms with van der Waals surface area (Å²) in [5, 5.41) is 1.64. The predicted molar refractivity (Wildman–Crippen MR) is 75.1 cm³/mol. The highest BCUT2D eigenvalue weighted by Gasteiger charge is 2.23. The van der Waals surface area contributed by atoms with Crippen LogP contribution in [0, 0.1) is 0 Å². The van der Waals surface area contributed by atoms with Crippen molar-refractivity contribution in [2.24, 2.45) is 4.99 Å². The van der Waals surface area contributed by atoms with Crippen molar-refractivity contribution >= 4 is 11.7 Å². The van der Waals surface area contributed by atoms with E-state index in [1.807, 2.05) is 30.3 Å². The maximum Gasteiger partial charge on any atom is 0.263 e. The molecule has 0 spiro atoms. The minimum absolute atomic E-state index is 0.00354. The van der Waals surface area contributed by atoms with Crippen molar-refractivity contribution in [2.75, 3.05) is 39.5 Å². The van der Waals surface area contributed by atoms with Gasteiger partial charge in [-0.25, -0.2) is 5.01 Å². The Morgan fingerprint density at radius 1 is 1.20 bits per heavy atom. The molecule has 2 heterocycles. The number of hydrazine groups is 1. The molecule has 3 rings (SSSR count). The molecular formula is C14H18N4O2. The van der Waals surface area contributed by atoms with E-state index in [1.165, 1.54) is 0 Å². The van der Waals surface area contributed by atoms with Crippen LogP contribution in [0.4, 0.5) is 0 Å². The summed E-state index contributed by atoms with van der Waals surface area (Å²) >= 11 is 0. The summed E-state index contributed by atoms with van der Waals surface area (Å²) in [5.41, 5.74) is 4.11. The Kier molecular flexibility index (Phi) is 3.94. The normalized spacial score (nSPS) is 20.5. The monoisotopic (exact) mass is 274 g/mol. The average Bonchev–Trinajstić information content (AvgIpc) is 2.51. The largest absolute Gasteiger partial charge is 0.379 e. The van der Waals surface area contributed by atoms with Gasteiger partial charge in [0.2, 0.25) is 0 Å². The summed E-state index contributed by atoms with van der Waals surface area (Å²) in [7, 11) is 0. The van der Waals surface area contributed by atoms with Gasteiger partial charge in [-0.2, -0.15) is 0 Å². The second kappa shape index (κ2) is 6.02. The van der Waals surface area contributed by atoms with Gasteiger partial charge in [-0.1, -0.05) is 30.3 Å². The Morgan fingerprint density at radius 3 is 2.70 bits per heavy atom. The van der Waals surface area contributed by atoms with Crippen molar-refractivity contribution in [3.05, 3.63) is 35.9 Å². The van der Waals surface area contributed by atoms with E-state index in [0.717, 1.165) is 37.7 Å². The summed E-state index contributed by atoms with van der Waals surface area (Å²) < 4.78 is 5.32. The van der Waals surface area contributed by atoms with Crippen molar-refractivity contribution in [1.82, 2.24) is 15.3 Å². The van der Waals surface area contributed by atoms with Crippen LogP contribution >= 0.6 is 0 Å². The molecule has 0 saturated carbocycles. The number of ether oxygens (including phenoxy) is 1. The van der Waals surface area contributed by atoms with Gasteiger partial charge in [-0.05, 0) is 0 Å². The number of carbonyl (C=O) groups excluding carboxylic acids is 1. The summed E-state index contributed by atoms with van der Waals surface area (Å²) in [6.07, 6.45) is 0. The zero-order valence-electron chi connectivity index (χ0n) is 11.3. The van der Waals surface area contributed by atoms with E-state index in [1.54, 1.807) is 5.01 Å². The summed E-state index contributed by atoms with van der Waals surface area (Å²) in [6.45, 7) is 3.91. The van der Waals surface area contributed by atoms with Crippen molar-refractivity contribution in [3.63, 3.8) is 0 Å². The van der Waals surface area contributed by atoms with E-state index in [-0.39, 0.29) is 12.5 Å². The number of amidine groups is 1. The van der Waals surface area contributed by atoms with Crippen LogP contribution in [0.1, 0.15) is 5.56 Å². The molecule has 0 atom stereocenters. The van der Waals surface area contributed by atoms with Gasteiger partial charge in [0.1, 0.15) is 12.4 Å². The van der Waals surface area contributed by atoms with Crippen LogP contribution in [-0.4, -0.2) is 61.2 Å². The number of rotatable bonds is 3. The summed E-state index contributed by atoms with van der Waals surface area (Å²) in [6, 6.07) is 9.84. The topological polar surface area (TPSA) is 57.2 Å². The van der Waals surface area contributed by atoms with Gasteiger partial charge in [0.25, 0.3) is 5.91 Å². The Balaban J connectivity index is 1.67. The van der Waals surface area contributed by atoms with Crippen molar-refractivity contribution in [1.29, 1.82) is 0 Å². The van der Waals surface area contributed by atoms with Gasteiger partial charge in [0, 0.05) is 18.7 Å². The molecular weight excluding hydrogens is 256 g/mol. The van der Waals surface area contributed by atoms with E-state index in [4.69, 9.17) is 4.74 Å². The van der Waals surface area contributed by atoms with Gasteiger partial charge in [-0.3, -0.25) is 20.1 Å². The van der Waals surface area contributed by atoms with Crippen molar-refractivity contribution in [2.45, 2.75) is 0 Å². The molecule has 6 heteroatoms. The first kappa shape index (κ1) is 13.1. The lowest BCUT2D eigenvalue weighted by molar-refractivity contribution is -0.135. The van der Waals surface area contributed by atoms with E-state index >= 15 is 0 Å². The van der Waals surface area contributed by atoms with Crippen LogP contribution in [0.3, 0.4) is 0 Å². The fourth-order valence-electron chi connectivity index (χ4n) is 2.27. The molecule has 0 aliphatic carbocycles. The molecule has 20 heavy (non-hydrogen) atoms. The third-order valence-electron chi connectivity index (χ3n) is 3.41. The quantitative estimate of drug-likeness (QED) is 0.847. The molecule has 0 bridgehead atoms. The number of amides is 1. The van der Waals surface area contributed by atoms with Gasteiger partial charge in [0.05, 0.1) is 19.9 Å². The van der Waals surface area contributed by atoms with Crippen LogP contribution in [0.25, 0.3) is 0 Å². The van der Waals surface area contributed by atoms with Crippen LogP contribution < -0.4 is 5.43 Å². The summed E-state index contributed by atoms with van der Waals surface area (Å²) in [4.78, 5) is 18.4. The molecule has 1 saturated heterocycles. The Morgan fingerprint density at radius 2 is 1.95 bits per heavy atom. The standard InChI is InChI=1S/C14H18N4O2/c19-13-10-15-14(12-4-2-1-3-5-12)16-18(13)11-17-6-8-20-9-7-17/h1-5H,6-11H2,(H,15,16). The van der Waals surface area contributed by atoms with Crippen molar-refractivity contribution in [3.8, 4) is 0 Å². The van der Waals surface area contributed by atoms with Gasteiger partial charge < -0.3 is 4.74 Å². The molecule has 2 aliphatic rings. The highest BCUT2D eigenvalue weighted by atomic mass is 16.5. The Bertz CT molecular complexity index is 497. The number of morpholine rings is 1. The van der Waals surface area contributed by atoms with Crippen LogP contribution in [-0.2, 0) is 9.53 Å². The highest BCUT2D eigenvalue weighted by molar-refractivity contribution is 6.02. The molecule has 0 unspecified atom stereocenters. The van der Waals surface area contributed by atoms with E-state index < -0.39 is 0 Å².